The fourth-order valence-corrected chi connectivity index (χ4v) is 2.30. The molecule has 2 N–H and O–H groups in total. The van der Waals surface area contributed by atoms with Gasteiger partial charge in [0.1, 0.15) is 5.75 Å². The first-order valence-corrected chi connectivity index (χ1v) is 7.44. The van der Waals surface area contributed by atoms with Crippen LogP contribution in [0.25, 0.3) is 0 Å². The average molecular weight is 353 g/mol. The molecule has 2 rings (SSSR count). The van der Waals surface area contributed by atoms with Gasteiger partial charge in [-0.15, -0.1) is 0 Å². The van der Waals surface area contributed by atoms with E-state index in [1.54, 1.807) is 12.1 Å². The number of carbonyl (C=O) groups excluding carboxylic acids is 2. The highest BCUT2D eigenvalue weighted by Crippen LogP contribution is 2.18. The van der Waals surface area contributed by atoms with Gasteiger partial charge in [0.25, 0.3) is 11.8 Å². The molecule has 0 aliphatic heterocycles. The van der Waals surface area contributed by atoms with Crippen LogP contribution in [-0.2, 0) is 4.79 Å². The molecule has 0 spiro atoms. The van der Waals surface area contributed by atoms with Crippen LogP contribution in [-0.4, -0.2) is 18.4 Å². The monoisotopic (exact) mass is 352 g/mol. The van der Waals surface area contributed by atoms with Crippen molar-refractivity contribution < 1.29 is 14.3 Å². The molecule has 0 bridgehead atoms. The van der Waals surface area contributed by atoms with Crippen LogP contribution >= 0.6 is 23.2 Å². The van der Waals surface area contributed by atoms with Gasteiger partial charge in [-0.3, -0.25) is 20.4 Å². The van der Waals surface area contributed by atoms with Crippen molar-refractivity contribution in [3.05, 3.63) is 63.6 Å². The lowest BCUT2D eigenvalue weighted by Crippen LogP contribution is -2.43. The molecule has 2 aromatic rings. The van der Waals surface area contributed by atoms with Crippen LogP contribution < -0.4 is 15.6 Å². The van der Waals surface area contributed by atoms with Crippen molar-refractivity contribution in [3.63, 3.8) is 0 Å². The molecule has 0 radical (unpaired) electrons. The van der Waals surface area contributed by atoms with Gasteiger partial charge in [0.2, 0.25) is 0 Å². The lowest BCUT2D eigenvalue weighted by Gasteiger charge is -2.09. The summed E-state index contributed by atoms with van der Waals surface area (Å²) >= 11 is 11.6. The summed E-state index contributed by atoms with van der Waals surface area (Å²) in [5.41, 5.74) is 5.78. The van der Waals surface area contributed by atoms with Gasteiger partial charge in [0, 0.05) is 15.6 Å². The molecule has 0 aromatic heterocycles. The SMILES string of the molecule is Cc1cccc(OCC(=O)NNC(=O)c2cc(Cl)cc(Cl)c2)c1. The second-order valence-corrected chi connectivity index (χ2v) is 5.64. The Morgan fingerprint density at radius 1 is 1.04 bits per heavy atom. The predicted octanol–water partition coefficient (Wildman–Crippen LogP) is 3.14. The predicted molar refractivity (Wildman–Crippen MR) is 88.7 cm³/mol. The maximum absolute atomic E-state index is 11.9. The van der Waals surface area contributed by atoms with E-state index in [4.69, 9.17) is 27.9 Å². The van der Waals surface area contributed by atoms with Crippen molar-refractivity contribution >= 4 is 35.0 Å². The van der Waals surface area contributed by atoms with Gasteiger partial charge in [-0.25, -0.2) is 0 Å². The summed E-state index contributed by atoms with van der Waals surface area (Å²) in [6, 6.07) is 11.7. The van der Waals surface area contributed by atoms with E-state index in [-0.39, 0.29) is 12.2 Å². The van der Waals surface area contributed by atoms with E-state index >= 15 is 0 Å². The first-order valence-electron chi connectivity index (χ1n) is 6.69. The van der Waals surface area contributed by atoms with E-state index in [0.717, 1.165) is 5.56 Å². The third kappa shape index (κ3) is 5.47. The lowest BCUT2D eigenvalue weighted by atomic mass is 10.2. The fraction of sp³-hybridized carbons (Fsp3) is 0.125. The standard InChI is InChI=1S/C16H14Cl2N2O3/c1-10-3-2-4-14(5-10)23-9-15(21)19-20-16(22)11-6-12(17)8-13(18)7-11/h2-8H,9H2,1H3,(H,19,21)(H,20,22). The summed E-state index contributed by atoms with van der Waals surface area (Å²) in [4.78, 5) is 23.6. The minimum absolute atomic E-state index is 0.222. The Balaban J connectivity index is 1.83. The Hall–Kier alpha value is -2.24. The highest BCUT2D eigenvalue weighted by molar-refractivity contribution is 6.35. The van der Waals surface area contributed by atoms with Gasteiger partial charge < -0.3 is 4.74 Å². The Bertz CT molecular complexity index is 715. The van der Waals surface area contributed by atoms with E-state index in [1.165, 1.54) is 18.2 Å². The summed E-state index contributed by atoms with van der Waals surface area (Å²) < 4.78 is 5.32. The van der Waals surface area contributed by atoms with Crippen LogP contribution in [0.3, 0.4) is 0 Å². The molecule has 0 unspecified atom stereocenters. The van der Waals surface area contributed by atoms with Gasteiger partial charge >= 0.3 is 0 Å². The molecule has 0 aliphatic carbocycles. The smallest absolute Gasteiger partial charge is 0.276 e. The lowest BCUT2D eigenvalue weighted by molar-refractivity contribution is -0.123. The molecule has 120 valence electrons. The zero-order chi connectivity index (χ0) is 16.8. The van der Waals surface area contributed by atoms with Crippen molar-refractivity contribution in [3.8, 4) is 5.75 Å². The molecule has 2 amide bonds. The normalized spacial score (nSPS) is 10.0. The zero-order valence-electron chi connectivity index (χ0n) is 12.2. The number of nitrogens with one attached hydrogen (secondary N) is 2. The van der Waals surface area contributed by atoms with Gasteiger partial charge in [-0.2, -0.15) is 0 Å². The van der Waals surface area contributed by atoms with Gasteiger partial charge in [0.15, 0.2) is 6.61 Å². The number of hydrogen-bond donors (Lipinski definition) is 2. The first kappa shape index (κ1) is 17.1. The molecule has 5 nitrogen and oxygen atoms in total. The van der Waals surface area contributed by atoms with Crippen LogP contribution in [0.2, 0.25) is 10.0 Å². The summed E-state index contributed by atoms with van der Waals surface area (Å²) in [5, 5.41) is 0.661. The third-order valence-electron chi connectivity index (χ3n) is 2.80. The molecular weight excluding hydrogens is 339 g/mol. The maximum Gasteiger partial charge on any atom is 0.276 e. The van der Waals surface area contributed by atoms with Crippen LogP contribution in [0.4, 0.5) is 0 Å². The van der Waals surface area contributed by atoms with E-state index in [9.17, 15) is 9.59 Å². The molecular formula is C16H14Cl2N2O3. The number of amides is 2. The second kappa shape index (κ2) is 7.85. The van der Waals surface area contributed by atoms with E-state index in [1.807, 2.05) is 19.1 Å². The zero-order valence-corrected chi connectivity index (χ0v) is 13.7. The minimum Gasteiger partial charge on any atom is -0.484 e. The van der Waals surface area contributed by atoms with E-state index in [2.05, 4.69) is 10.9 Å². The number of hydrogen-bond acceptors (Lipinski definition) is 3. The third-order valence-corrected chi connectivity index (χ3v) is 3.24. The average Bonchev–Trinajstić information content (AvgIpc) is 2.49. The molecule has 0 heterocycles. The van der Waals surface area contributed by atoms with Crippen molar-refractivity contribution in [1.82, 2.24) is 10.9 Å². The Labute approximate surface area is 143 Å². The summed E-state index contributed by atoms with van der Waals surface area (Å²) in [7, 11) is 0. The van der Waals surface area contributed by atoms with Gasteiger partial charge in [-0.05, 0) is 42.8 Å². The number of rotatable bonds is 4. The van der Waals surface area contributed by atoms with Crippen molar-refractivity contribution in [2.45, 2.75) is 6.92 Å². The summed E-state index contributed by atoms with van der Waals surface area (Å²) in [6.45, 7) is 1.70. The van der Waals surface area contributed by atoms with Crippen molar-refractivity contribution in [2.24, 2.45) is 0 Å². The molecule has 7 heteroatoms. The quantitative estimate of drug-likeness (QED) is 0.830. The van der Waals surface area contributed by atoms with E-state index in [0.29, 0.717) is 15.8 Å². The maximum atomic E-state index is 11.9. The van der Waals surface area contributed by atoms with E-state index < -0.39 is 11.8 Å². The highest BCUT2D eigenvalue weighted by atomic mass is 35.5. The number of aryl methyl sites for hydroxylation is 1. The number of halogens is 2. The number of carbonyl (C=O) groups is 2. The first-order chi connectivity index (χ1) is 10.9. The van der Waals surface area contributed by atoms with Crippen LogP contribution in [0.5, 0.6) is 5.75 Å². The Morgan fingerprint density at radius 3 is 2.39 bits per heavy atom. The highest BCUT2D eigenvalue weighted by Gasteiger charge is 2.09. The fourth-order valence-electron chi connectivity index (χ4n) is 1.77. The van der Waals surface area contributed by atoms with Crippen LogP contribution in [0, 0.1) is 6.92 Å². The van der Waals surface area contributed by atoms with Gasteiger partial charge in [0.05, 0.1) is 0 Å². The largest absolute Gasteiger partial charge is 0.484 e. The number of ether oxygens (including phenoxy) is 1. The van der Waals surface area contributed by atoms with Crippen LogP contribution in [0.1, 0.15) is 15.9 Å². The molecule has 0 saturated heterocycles. The molecule has 0 atom stereocenters. The number of hydrazine groups is 1. The second-order valence-electron chi connectivity index (χ2n) is 4.77. The Kier molecular flexibility index (Phi) is 5.84. The summed E-state index contributed by atoms with van der Waals surface area (Å²) in [6.07, 6.45) is 0. The van der Waals surface area contributed by atoms with Gasteiger partial charge in [-0.1, -0.05) is 35.3 Å². The molecule has 0 saturated carbocycles. The Morgan fingerprint density at radius 2 is 1.74 bits per heavy atom. The molecule has 0 aliphatic rings. The molecule has 0 fully saturated rings. The summed E-state index contributed by atoms with van der Waals surface area (Å²) in [5.74, 6) is -0.445. The van der Waals surface area contributed by atoms with Crippen molar-refractivity contribution in [2.75, 3.05) is 6.61 Å². The molecule has 23 heavy (non-hydrogen) atoms. The molecule has 2 aromatic carbocycles. The minimum atomic E-state index is -0.529. The van der Waals surface area contributed by atoms with Crippen molar-refractivity contribution in [1.29, 1.82) is 0 Å². The number of benzene rings is 2. The van der Waals surface area contributed by atoms with Crippen LogP contribution in [0.15, 0.2) is 42.5 Å². The topological polar surface area (TPSA) is 67.4 Å².